The summed E-state index contributed by atoms with van der Waals surface area (Å²) in [5.74, 6) is 0.377. The third kappa shape index (κ3) is 2.25. The molecule has 1 aliphatic heterocycles. The molecule has 1 aromatic carbocycles. The number of hydrogen-bond donors (Lipinski definition) is 3. The van der Waals surface area contributed by atoms with Gasteiger partial charge in [0.15, 0.2) is 0 Å². The average Bonchev–Trinajstić information content (AvgIpc) is 2.82. The quantitative estimate of drug-likeness (QED) is 0.685. The van der Waals surface area contributed by atoms with Gasteiger partial charge in [-0.3, -0.25) is 0 Å². The number of fused-ring (bicyclic) bond motifs is 1. The molecular formula is C14H20N2O. The number of hydrogen-bond acceptors (Lipinski definition) is 3. The summed E-state index contributed by atoms with van der Waals surface area (Å²) in [6.45, 7) is 0.918. The second-order valence-corrected chi connectivity index (χ2v) is 5.24. The molecule has 1 atom stereocenters. The van der Waals surface area contributed by atoms with Gasteiger partial charge in [-0.2, -0.15) is 0 Å². The van der Waals surface area contributed by atoms with Crippen LogP contribution >= 0.6 is 0 Å². The predicted molar refractivity (Wildman–Crippen MR) is 69.5 cm³/mol. The second kappa shape index (κ2) is 4.57. The predicted octanol–water partition coefficient (Wildman–Crippen LogP) is 2.26. The number of phenols is 1. The molecule has 3 N–H and O–H groups in total. The van der Waals surface area contributed by atoms with Crippen molar-refractivity contribution in [3.05, 3.63) is 23.8 Å². The van der Waals surface area contributed by atoms with E-state index in [0.29, 0.717) is 17.8 Å². The Balaban J connectivity index is 1.68. The van der Waals surface area contributed by atoms with Crippen LogP contribution in [0.3, 0.4) is 0 Å². The van der Waals surface area contributed by atoms with Crippen LogP contribution in [-0.2, 0) is 6.42 Å². The summed E-state index contributed by atoms with van der Waals surface area (Å²) in [5, 5.41) is 16.8. The van der Waals surface area contributed by atoms with Gasteiger partial charge < -0.3 is 15.7 Å². The minimum Gasteiger partial charge on any atom is -0.506 e. The van der Waals surface area contributed by atoms with Crippen molar-refractivity contribution in [2.75, 3.05) is 11.9 Å². The van der Waals surface area contributed by atoms with E-state index >= 15 is 0 Å². The van der Waals surface area contributed by atoms with Gasteiger partial charge in [-0.25, -0.2) is 0 Å². The first-order chi connectivity index (χ1) is 8.33. The highest BCUT2D eigenvalue weighted by molar-refractivity contribution is 5.63. The fraction of sp³-hybridized carbons (Fsp3) is 0.571. The van der Waals surface area contributed by atoms with Crippen LogP contribution in [0.4, 0.5) is 5.69 Å². The first kappa shape index (κ1) is 10.9. The van der Waals surface area contributed by atoms with Crippen LogP contribution in [0.2, 0.25) is 0 Å². The summed E-state index contributed by atoms with van der Waals surface area (Å²) in [5.41, 5.74) is 2.16. The lowest BCUT2D eigenvalue weighted by atomic mass is 9.98. The molecule has 0 aromatic heterocycles. The van der Waals surface area contributed by atoms with Gasteiger partial charge in [0, 0.05) is 18.6 Å². The summed E-state index contributed by atoms with van der Waals surface area (Å²) in [6.07, 6.45) is 6.41. The Morgan fingerprint density at radius 3 is 2.82 bits per heavy atom. The average molecular weight is 232 g/mol. The Labute approximate surface area is 102 Å². The van der Waals surface area contributed by atoms with Crippen molar-refractivity contribution in [3.63, 3.8) is 0 Å². The van der Waals surface area contributed by atoms with Crippen molar-refractivity contribution < 1.29 is 5.11 Å². The van der Waals surface area contributed by atoms with Crippen LogP contribution in [0.1, 0.15) is 31.2 Å². The minimum atomic E-state index is 0.377. The molecule has 0 amide bonds. The van der Waals surface area contributed by atoms with Gasteiger partial charge >= 0.3 is 0 Å². The van der Waals surface area contributed by atoms with Gasteiger partial charge in [0.05, 0.1) is 5.69 Å². The van der Waals surface area contributed by atoms with E-state index in [1.807, 2.05) is 6.07 Å². The number of rotatable bonds is 2. The molecule has 1 aromatic rings. The van der Waals surface area contributed by atoms with Crippen LogP contribution in [0.15, 0.2) is 18.2 Å². The molecule has 3 heteroatoms. The summed E-state index contributed by atoms with van der Waals surface area (Å²) < 4.78 is 0. The standard InChI is InChI=1S/C14H20N2O/c17-13-7-3-4-10-8-12(9-15-14(10)13)16-11-5-1-2-6-11/h3-4,7,11-12,15-17H,1-2,5-6,8-9H2. The molecule has 2 aliphatic rings. The number of aromatic hydroxyl groups is 1. The van der Waals surface area contributed by atoms with Crippen molar-refractivity contribution in [2.45, 2.75) is 44.2 Å². The Hall–Kier alpha value is -1.22. The van der Waals surface area contributed by atoms with Gasteiger partial charge in [-0.15, -0.1) is 0 Å². The molecule has 1 fully saturated rings. The maximum absolute atomic E-state index is 9.74. The minimum absolute atomic E-state index is 0.377. The first-order valence-electron chi connectivity index (χ1n) is 6.64. The van der Waals surface area contributed by atoms with Crippen molar-refractivity contribution in [1.29, 1.82) is 0 Å². The molecule has 1 unspecified atom stereocenters. The molecule has 1 heterocycles. The van der Waals surface area contributed by atoms with E-state index < -0.39 is 0 Å². The number of para-hydroxylation sites is 1. The van der Waals surface area contributed by atoms with E-state index in [1.165, 1.54) is 31.2 Å². The number of nitrogens with one attached hydrogen (secondary N) is 2. The fourth-order valence-corrected chi connectivity index (χ4v) is 3.07. The maximum Gasteiger partial charge on any atom is 0.138 e. The number of benzene rings is 1. The van der Waals surface area contributed by atoms with Gasteiger partial charge in [0.25, 0.3) is 0 Å². The molecule has 0 saturated heterocycles. The molecule has 0 spiro atoms. The lowest BCUT2D eigenvalue weighted by Gasteiger charge is -2.29. The van der Waals surface area contributed by atoms with Crippen molar-refractivity contribution in [3.8, 4) is 5.75 Å². The van der Waals surface area contributed by atoms with Gasteiger partial charge in [0.1, 0.15) is 5.75 Å². The van der Waals surface area contributed by atoms with Gasteiger partial charge in [0.2, 0.25) is 0 Å². The van der Waals surface area contributed by atoms with E-state index in [9.17, 15) is 5.11 Å². The van der Waals surface area contributed by atoms with E-state index in [0.717, 1.165) is 18.7 Å². The van der Waals surface area contributed by atoms with E-state index in [-0.39, 0.29) is 0 Å². The van der Waals surface area contributed by atoms with Crippen LogP contribution in [0, 0.1) is 0 Å². The Morgan fingerprint density at radius 1 is 1.18 bits per heavy atom. The zero-order valence-corrected chi connectivity index (χ0v) is 10.1. The third-order valence-electron chi connectivity index (χ3n) is 3.95. The number of phenolic OH excluding ortho intramolecular Hbond substituents is 1. The maximum atomic E-state index is 9.74. The van der Waals surface area contributed by atoms with Crippen molar-refractivity contribution >= 4 is 5.69 Å². The molecule has 1 saturated carbocycles. The Bertz CT molecular complexity index is 399. The highest BCUT2D eigenvalue weighted by Crippen LogP contribution is 2.31. The molecule has 17 heavy (non-hydrogen) atoms. The molecule has 0 radical (unpaired) electrons. The molecule has 3 nitrogen and oxygen atoms in total. The normalized spacial score (nSPS) is 24.4. The Morgan fingerprint density at radius 2 is 2.00 bits per heavy atom. The monoisotopic (exact) mass is 232 g/mol. The van der Waals surface area contributed by atoms with Crippen LogP contribution in [0.5, 0.6) is 5.75 Å². The fourth-order valence-electron chi connectivity index (χ4n) is 3.07. The largest absolute Gasteiger partial charge is 0.506 e. The highest BCUT2D eigenvalue weighted by atomic mass is 16.3. The summed E-state index contributed by atoms with van der Waals surface area (Å²) in [7, 11) is 0. The van der Waals surface area contributed by atoms with Crippen LogP contribution in [0.25, 0.3) is 0 Å². The van der Waals surface area contributed by atoms with E-state index in [1.54, 1.807) is 6.07 Å². The molecule has 1 aliphatic carbocycles. The molecule has 0 bridgehead atoms. The topological polar surface area (TPSA) is 44.3 Å². The molecular weight excluding hydrogens is 212 g/mol. The first-order valence-corrected chi connectivity index (χ1v) is 6.64. The number of anilines is 1. The highest BCUT2D eigenvalue weighted by Gasteiger charge is 2.23. The zero-order chi connectivity index (χ0) is 11.7. The van der Waals surface area contributed by atoms with Crippen molar-refractivity contribution in [2.24, 2.45) is 0 Å². The second-order valence-electron chi connectivity index (χ2n) is 5.24. The Kier molecular flexibility index (Phi) is 2.93. The molecule has 3 rings (SSSR count). The lowest BCUT2D eigenvalue weighted by Crippen LogP contribution is -2.44. The van der Waals surface area contributed by atoms with Crippen LogP contribution < -0.4 is 10.6 Å². The van der Waals surface area contributed by atoms with Gasteiger partial charge in [-0.1, -0.05) is 25.0 Å². The lowest BCUT2D eigenvalue weighted by molar-refractivity contribution is 0.428. The SMILES string of the molecule is Oc1cccc2c1NCC(NC1CCCC1)C2. The smallest absolute Gasteiger partial charge is 0.138 e. The van der Waals surface area contributed by atoms with Crippen molar-refractivity contribution in [1.82, 2.24) is 5.32 Å². The van der Waals surface area contributed by atoms with Crippen LogP contribution in [-0.4, -0.2) is 23.7 Å². The zero-order valence-electron chi connectivity index (χ0n) is 10.1. The summed E-state index contributed by atoms with van der Waals surface area (Å²) >= 11 is 0. The van der Waals surface area contributed by atoms with E-state index in [4.69, 9.17) is 0 Å². The summed E-state index contributed by atoms with van der Waals surface area (Å²) in [6, 6.07) is 6.99. The summed E-state index contributed by atoms with van der Waals surface area (Å²) in [4.78, 5) is 0. The van der Waals surface area contributed by atoms with E-state index in [2.05, 4.69) is 16.7 Å². The third-order valence-corrected chi connectivity index (χ3v) is 3.95. The molecule has 92 valence electrons. The van der Waals surface area contributed by atoms with Gasteiger partial charge in [-0.05, 0) is 30.9 Å².